The summed E-state index contributed by atoms with van der Waals surface area (Å²) in [6, 6.07) is 21.8. The van der Waals surface area contributed by atoms with Crippen molar-refractivity contribution in [2.24, 2.45) is 0 Å². The maximum absolute atomic E-state index is 13.5. The number of ether oxygens (including phenoxy) is 1. The Morgan fingerprint density at radius 1 is 1.00 bits per heavy atom. The van der Waals surface area contributed by atoms with E-state index in [1.807, 2.05) is 61.5 Å². The van der Waals surface area contributed by atoms with Crippen LogP contribution in [0.25, 0.3) is 0 Å². The lowest BCUT2D eigenvalue weighted by Crippen LogP contribution is -2.51. The Morgan fingerprint density at radius 2 is 1.71 bits per heavy atom. The van der Waals surface area contributed by atoms with Crippen LogP contribution >= 0.6 is 43.5 Å². The quantitative estimate of drug-likeness (QED) is 0.269. The molecule has 0 saturated carbocycles. The summed E-state index contributed by atoms with van der Waals surface area (Å²) in [5, 5.41) is 3.53. The molecule has 0 fully saturated rings. The van der Waals surface area contributed by atoms with Crippen LogP contribution in [0.1, 0.15) is 24.5 Å². The summed E-state index contributed by atoms with van der Waals surface area (Å²) in [6.45, 7) is 2.59. The molecule has 0 aliphatic carbocycles. The van der Waals surface area contributed by atoms with E-state index in [-0.39, 0.29) is 25.0 Å². The van der Waals surface area contributed by atoms with Crippen LogP contribution < -0.4 is 10.1 Å². The number of halogens is 3. The third-order valence-corrected chi connectivity index (χ3v) is 6.72. The van der Waals surface area contributed by atoms with Crippen molar-refractivity contribution in [1.29, 1.82) is 0 Å². The highest BCUT2D eigenvalue weighted by Gasteiger charge is 2.30. The minimum absolute atomic E-state index is 0.186. The zero-order valence-corrected chi connectivity index (χ0v) is 23.3. The first-order chi connectivity index (χ1) is 16.9. The van der Waals surface area contributed by atoms with E-state index in [1.165, 1.54) is 0 Å². The molecule has 0 saturated heterocycles. The van der Waals surface area contributed by atoms with Gasteiger partial charge in [0.2, 0.25) is 5.91 Å². The van der Waals surface area contributed by atoms with Gasteiger partial charge < -0.3 is 15.0 Å². The summed E-state index contributed by atoms with van der Waals surface area (Å²) in [6.07, 6.45) is 1.20. The van der Waals surface area contributed by atoms with E-state index in [0.29, 0.717) is 28.2 Å². The van der Waals surface area contributed by atoms with Crippen molar-refractivity contribution in [1.82, 2.24) is 10.2 Å². The number of rotatable bonds is 11. The van der Waals surface area contributed by atoms with Crippen molar-refractivity contribution in [2.45, 2.75) is 32.4 Å². The largest absolute Gasteiger partial charge is 0.483 e. The summed E-state index contributed by atoms with van der Waals surface area (Å²) < 4.78 is 7.41. The first-order valence-electron chi connectivity index (χ1n) is 11.3. The van der Waals surface area contributed by atoms with Crippen LogP contribution in [0.15, 0.2) is 81.7 Å². The third kappa shape index (κ3) is 8.37. The van der Waals surface area contributed by atoms with E-state index < -0.39 is 6.04 Å². The van der Waals surface area contributed by atoms with Gasteiger partial charge in [0.1, 0.15) is 11.8 Å². The molecule has 3 aromatic rings. The third-order valence-electron chi connectivity index (χ3n) is 5.33. The van der Waals surface area contributed by atoms with Gasteiger partial charge in [-0.25, -0.2) is 0 Å². The number of carbonyl (C=O) groups is 2. The number of nitrogens with one attached hydrogen (secondary N) is 1. The topological polar surface area (TPSA) is 58.6 Å². The van der Waals surface area contributed by atoms with E-state index >= 15 is 0 Å². The molecule has 1 atom stereocenters. The van der Waals surface area contributed by atoms with E-state index in [1.54, 1.807) is 23.1 Å². The molecule has 5 nitrogen and oxygen atoms in total. The van der Waals surface area contributed by atoms with Gasteiger partial charge in [-0.3, -0.25) is 9.59 Å². The molecule has 0 radical (unpaired) electrons. The van der Waals surface area contributed by atoms with Crippen LogP contribution in [0.5, 0.6) is 5.75 Å². The van der Waals surface area contributed by atoms with Crippen LogP contribution in [-0.4, -0.2) is 35.9 Å². The molecule has 0 bridgehead atoms. The van der Waals surface area contributed by atoms with Crippen molar-refractivity contribution in [3.05, 3.63) is 97.9 Å². The van der Waals surface area contributed by atoms with Gasteiger partial charge in [-0.2, -0.15) is 0 Å². The van der Waals surface area contributed by atoms with Crippen LogP contribution in [0, 0.1) is 0 Å². The van der Waals surface area contributed by atoms with Crippen molar-refractivity contribution in [3.63, 3.8) is 0 Å². The maximum atomic E-state index is 13.5. The van der Waals surface area contributed by atoms with Gasteiger partial charge in [-0.15, -0.1) is 0 Å². The molecule has 0 aliphatic rings. The molecule has 3 aromatic carbocycles. The zero-order valence-electron chi connectivity index (χ0n) is 19.3. The maximum Gasteiger partial charge on any atom is 0.261 e. The lowest BCUT2D eigenvalue weighted by molar-refractivity contribution is -0.142. The fourth-order valence-electron chi connectivity index (χ4n) is 3.52. The summed E-state index contributed by atoms with van der Waals surface area (Å²) in [5.41, 5.74) is 1.88. The van der Waals surface area contributed by atoms with Crippen LogP contribution in [0.4, 0.5) is 0 Å². The van der Waals surface area contributed by atoms with E-state index in [9.17, 15) is 9.59 Å². The van der Waals surface area contributed by atoms with E-state index in [2.05, 4.69) is 37.2 Å². The Hall–Kier alpha value is -2.35. The van der Waals surface area contributed by atoms with E-state index in [0.717, 1.165) is 22.0 Å². The van der Waals surface area contributed by atoms with Crippen LogP contribution in [0.3, 0.4) is 0 Å². The Bertz CT molecular complexity index is 1130. The predicted molar refractivity (Wildman–Crippen MR) is 147 cm³/mol. The highest BCUT2D eigenvalue weighted by atomic mass is 79.9. The van der Waals surface area contributed by atoms with Crippen LogP contribution in [-0.2, 0) is 22.6 Å². The first kappa shape index (κ1) is 27.2. The Balaban J connectivity index is 1.89. The molecule has 1 N–H and O–H groups in total. The van der Waals surface area contributed by atoms with E-state index in [4.69, 9.17) is 16.3 Å². The molecule has 0 spiro atoms. The fourth-order valence-corrected chi connectivity index (χ4v) is 4.58. The second-order valence-corrected chi connectivity index (χ2v) is 10.2. The van der Waals surface area contributed by atoms with Gasteiger partial charge in [0.15, 0.2) is 6.61 Å². The number of hydrogen-bond acceptors (Lipinski definition) is 3. The number of amides is 2. The van der Waals surface area contributed by atoms with Crippen molar-refractivity contribution < 1.29 is 14.3 Å². The Morgan fingerprint density at radius 3 is 2.37 bits per heavy atom. The predicted octanol–water partition coefficient (Wildman–Crippen LogP) is 6.41. The average Bonchev–Trinajstić information content (AvgIpc) is 2.85. The second kappa shape index (κ2) is 13.7. The van der Waals surface area contributed by atoms with Crippen molar-refractivity contribution >= 4 is 55.3 Å². The fraction of sp³-hybridized carbons (Fsp3) is 0.259. The zero-order chi connectivity index (χ0) is 25.2. The van der Waals surface area contributed by atoms with Gasteiger partial charge in [-0.05, 0) is 63.8 Å². The highest BCUT2D eigenvalue weighted by Crippen LogP contribution is 2.28. The standard InChI is InChI=1S/C27H27Br2ClN2O3/c1-2-14-31-27(34)24(15-19-6-4-3-5-7-19)32(17-20-8-10-21(28)11-9-20)26(33)18-35-25-13-12-22(30)16-23(25)29/h3-13,16,24H,2,14-15,17-18H2,1H3,(H,31,34)/t24-/m1/s1. The summed E-state index contributed by atoms with van der Waals surface area (Å²) in [5.74, 6) is 0.0255. The lowest BCUT2D eigenvalue weighted by Gasteiger charge is -2.31. The van der Waals surface area contributed by atoms with Gasteiger partial charge in [0.05, 0.1) is 4.47 Å². The van der Waals surface area contributed by atoms with Crippen LogP contribution in [0.2, 0.25) is 5.02 Å². The SMILES string of the molecule is CCCNC(=O)[C@@H](Cc1ccccc1)N(Cc1ccc(Br)cc1)C(=O)COc1ccc(Cl)cc1Br. The Labute approximate surface area is 228 Å². The molecule has 0 heterocycles. The molecule has 0 aromatic heterocycles. The molecule has 8 heteroatoms. The molecule has 0 aliphatic heterocycles. The number of benzene rings is 3. The monoisotopic (exact) mass is 620 g/mol. The molecule has 3 rings (SSSR count). The van der Waals surface area contributed by atoms with Gasteiger partial charge >= 0.3 is 0 Å². The summed E-state index contributed by atoms with van der Waals surface area (Å²) in [4.78, 5) is 28.4. The first-order valence-corrected chi connectivity index (χ1v) is 13.3. The minimum atomic E-state index is -0.697. The number of hydrogen-bond donors (Lipinski definition) is 1. The second-order valence-electron chi connectivity index (χ2n) is 8.01. The molecular formula is C27H27Br2ClN2O3. The summed E-state index contributed by atoms with van der Waals surface area (Å²) >= 11 is 12.9. The number of carbonyl (C=O) groups excluding carboxylic acids is 2. The molecule has 0 unspecified atom stereocenters. The average molecular weight is 623 g/mol. The molecule has 35 heavy (non-hydrogen) atoms. The molecule has 184 valence electrons. The Kier molecular flexibility index (Phi) is 10.6. The highest BCUT2D eigenvalue weighted by molar-refractivity contribution is 9.10. The molecule has 2 amide bonds. The van der Waals surface area contributed by atoms with Gasteiger partial charge in [0.25, 0.3) is 5.91 Å². The normalized spacial score (nSPS) is 11.5. The molecular weight excluding hydrogens is 596 g/mol. The van der Waals surface area contributed by atoms with Crippen molar-refractivity contribution in [2.75, 3.05) is 13.2 Å². The minimum Gasteiger partial charge on any atom is -0.483 e. The summed E-state index contributed by atoms with van der Waals surface area (Å²) in [7, 11) is 0. The lowest BCUT2D eigenvalue weighted by atomic mass is 10.0. The smallest absolute Gasteiger partial charge is 0.261 e. The number of nitrogens with zero attached hydrogens (tertiary/aromatic N) is 1. The van der Waals surface area contributed by atoms with Gasteiger partial charge in [-0.1, -0.05) is 76.9 Å². The van der Waals surface area contributed by atoms with Gasteiger partial charge in [0, 0.05) is 29.0 Å². The van der Waals surface area contributed by atoms with Crippen molar-refractivity contribution in [3.8, 4) is 5.75 Å².